The maximum absolute atomic E-state index is 12.1. The average molecular weight is 362 g/mol. The van der Waals surface area contributed by atoms with Gasteiger partial charge in [0.05, 0.1) is 11.6 Å². The standard InChI is InChI=1S/C20H24ClNO3/c1-14(2)16-8-4-6-10-18(16)24-13-12-22-20(23)15(3)25-19-11-7-5-9-17(19)21/h4-11,14-15H,12-13H2,1-3H3,(H,22,23)/t15-/m0/s1. The Morgan fingerprint density at radius 1 is 1.04 bits per heavy atom. The van der Waals surface area contributed by atoms with E-state index in [1.54, 1.807) is 19.1 Å². The molecule has 0 spiro atoms. The number of halogens is 1. The molecule has 25 heavy (non-hydrogen) atoms. The summed E-state index contributed by atoms with van der Waals surface area (Å²) in [6.45, 7) is 6.73. The van der Waals surface area contributed by atoms with Gasteiger partial charge < -0.3 is 14.8 Å². The zero-order chi connectivity index (χ0) is 18.2. The quantitative estimate of drug-likeness (QED) is 0.708. The second-order valence-corrected chi connectivity index (χ2v) is 6.43. The average Bonchev–Trinajstić information content (AvgIpc) is 2.60. The number of rotatable bonds is 8. The van der Waals surface area contributed by atoms with Gasteiger partial charge in [-0.3, -0.25) is 4.79 Å². The summed E-state index contributed by atoms with van der Waals surface area (Å²) in [5, 5.41) is 3.29. The lowest BCUT2D eigenvalue weighted by atomic mass is 10.0. The number of hydrogen-bond acceptors (Lipinski definition) is 3. The van der Waals surface area contributed by atoms with Gasteiger partial charge in [0.15, 0.2) is 6.10 Å². The summed E-state index contributed by atoms with van der Waals surface area (Å²) in [5.41, 5.74) is 1.16. The van der Waals surface area contributed by atoms with Gasteiger partial charge in [-0.25, -0.2) is 0 Å². The molecule has 2 aromatic rings. The monoisotopic (exact) mass is 361 g/mol. The second kappa shape index (κ2) is 9.33. The number of benzene rings is 2. The van der Waals surface area contributed by atoms with E-state index in [0.29, 0.717) is 29.8 Å². The predicted molar refractivity (Wildman–Crippen MR) is 101 cm³/mol. The number of para-hydroxylation sites is 2. The zero-order valence-corrected chi connectivity index (χ0v) is 15.5. The fraction of sp³-hybridized carbons (Fsp3) is 0.350. The van der Waals surface area contributed by atoms with Crippen molar-refractivity contribution in [2.45, 2.75) is 32.8 Å². The van der Waals surface area contributed by atoms with E-state index >= 15 is 0 Å². The Kier molecular flexibility index (Phi) is 7.14. The molecule has 0 unspecified atom stereocenters. The van der Waals surface area contributed by atoms with Crippen LogP contribution in [0, 0.1) is 0 Å². The highest BCUT2D eigenvalue weighted by Crippen LogP contribution is 2.26. The lowest BCUT2D eigenvalue weighted by Crippen LogP contribution is -2.38. The third-order valence-corrected chi connectivity index (χ3v) is 4.02. The third-order valence-electron chi connectivity index (χ3n) is 3.71. The molecule has 5 heteroatoms. The Hall–Kier alpha value is -2.20. The SMILES string of the molecule is CC(C)c1ccccc1OCCNC(=O)[C@H](C)Oc1ccccc1Cl. The van der Waals surface area contributed by atoms with Crippen molar-refractivity contribution in [2.24, 2.45) is 0 Å². The molecule has 0 saturated carbocycles. The van der Waals surface area contributed by atoms with Gasteiger partial charge >= 0.3 is 0 Å². The smallest absolute Gasteiger partial charge is 0.260 e. The third kappa shape index (κ3) is 5.68. The first-order valence-corrected chi connectivity index (χ1v) is 8.77. The molecule has 134 valence electrons. The van der Waals surface area contributed by atoms with Crippen LogP contribution in [0.15, 0.2) is 48.5 Å². The van der Waals surface area contributed by atoms with E-state index in [4.69, 9.17) is 21.1 Å². The molecule has 0 radical (unpaired) electrons. The molecule has 0 fully saturated rings. The number of carbonyl (C=O) groups is 1. The van der Waals surface area contributed by atoms with Crippen LogP contribution in [0.4, 0.5) is 0 Å². The Bertz CT molecular complexity index is 703. The number of amides is 1. The van der Waals surface area contributed by atoms with Gasteiger partial charge in [0.1, 0.15) is 18.1 Å². The van der Waals surface area contributed by atoms with Crippen LogP contribution in [0.2, 0.25) is 5.02 Å². The lowest BCUT2D eigenvalue weighted by Gasteiger charge is -2.16. The summed E-state index contributed by atoms with van der Waals surface area (Å²) in [7, 11) is 0. The minimum Gasteiger partial charge on any atom is -0.491 e. The van der Waals surface area contributed by atoms with Gasteiger partial charge in [-0.1, -0.05) is 55.8 Å². The summed E-state index contributed by atoms with van der Waals surface area (Å²) in [5.74, 6) is 1.52. The second-order valence-electron chi connectivity index (χ2n) is 6.02. The van der Waals surface area contributed by atoms with E-state index < -0.39 is 6.10 Å². The molecule has 0 aliphatic carbocycles. The normalized spacial score (nSPS) is 11.9. The largest absolute Gasteiger partial charge is 0.491 e. The number of hydrogen-bond donors (Lipinski definition) is 1. The van der Waals surface area contributed by atoms with E-state index in [9.17, 15) is 4.79 Å². The number of ether oxygens (including phenoxy) is 2. The fourth-order valence-corrected chi connectivity index (χ4v) is 2.53. The maximum atomic E-state index is 12.1. The van der Waals surface area contributed by atoms with Crippen molar-refractivity contribution < 1.29 is 14.3 Å². The molecule has 4 nitrogen and oxygen atoms in total. The van der Waals surface area contributed by atoms with E-state index in [-0.39, 0.29) is 5.91 Å². The molecule has 1 N–H and O–H groups in total. The highest BCUT2D eigenvalue weighted by Gasteiger charge is 2.15. The van der Waals surface area contributed by atoms with Gasteiger partial charge in [-0.15, -0.1) is 0 Å². The van der Waals surface area contributed by atoms with Crippen molar-refractivity contribution in [3.8, 4) is 11.5 Å². The first-order chi connectivity index (χ1) is 12.0. The fourth-order valence-electron chi connectivity index (χ4n) is 2.35. The molecule has 0 aliphatic heterocycles. The highest BCUT2D eigenvalue weighted by molar-refractivity contribution is 6.32. The predicted octanol–water partition coefficient (Wildman–Crippen LogP) is 4.43. The van der Waals surface area contributed by atoms with E-state index in [1.807, 2.05) is 30.3 Å². The molecule has 0 heterocycles. The van der Waals surface area contributed by atoms with Crippen molar-refractivity contribution >= 4 is 17.5 Å². The molecule has 0 aromatic heterocycles. The Morgan fingerprint density at radius 3 is 2.36 bits per heavy atom. The topological polar surface area (TPSA) is 47.6 Å². The maximum Gasteiger partial charge on any atom is 0.260 e. The van der Waals surface area contributed by atoms with Crippen LogP contribution in [0.5, 0.6) is 11.5 Å². The van der Waals surface area contributed by atoms with Crippen LogP contribution in [0.3, 0.4) is 0 Å². The van der Waals surface area contributed by atoms with E-state index in [1.165, 1.54) is 0 Å². The molecule has 0 aliphatic rings. The summed E-state index contributed by atoms with van der Waals surface area (Å²) in [6.07, 6.45) is -0.636. The van der Waals surface area contributed by atoms with Crippen LogP contribution in [-0.2, 0) is 4.79 Å². The van der Waals surface area contributed by atoms with Gasteiger partial charge in [0.25, 0.3) is 5.91 Å². The van der Waals surface area contributed by atoms with Crippen LogP contribution in [-0.4, -0.2) is 25.2 Å². The highest BCUT2D eigenvalue weighted by atomic mass is 35.5. The van der Waals surface area contributed by atoms with E-state index in [0.717, 1.165) is 11.3 Å². The number of carbonyl (C=O) groups excluding carboxylic acids is 1. The molecule has 2 aromatic carbocycles. The molecule has 1 amide bonds. The minimum absolute atomic E-state index is 0.208. The van der Waals surface area contributed by atoms with Gasteiger partial charge in [-0.2, -0.15) is 0 Å². The van der Waals surface area contributed by atoms with Crippen molar-refractivity contribution in [2.75, 3.05) is 13.2 Å². The Morgan fingerprint density at radius 2 is 1.68 bits per heavy atom. The Balaban J connectivity index is 1.78. The molecule has 0 saturated heterocycles. The lowest BCUT2D eigenvalue weighted by molar-refractivity contribution is -0.127. The van der Waals surface area contributed by atoms with Gasteiger partial charge in [0, 0.05) is 0 Å². The van der Waals surface area contributed by atoms with Crippen molar-refractivity contribution in [1.29, 1.82) is 0 Å². The summed E-state index contributed by atoms with van der Waals surface area (Å²) >= 11 is 6.03. The number of nitrogens with one attached hydrogen (secondary N) is 1. The summed E-state index contributed by atoms with van der Waals surface area (Å²) < 4.78 is 11.4. The molecule has 1 atom stereocenters. The molecule has 2 rings (SSSR count). The zero-order valence-electron chi connectivity index (χ0n) is 14.8. The molecule has 0 bridgehead atoms. The van der Waals surface area contributed by atoms with Crippen molar-refractivity contribution in [3.63, 3.8) is 0 Å². The van der Waals surface area contributed by atoms with Gasteiger partial charge in [0.2, 0.25) is 0 Å². The van der Waals surface area contributed by atoms with Crippen molar-refractivity contribution in [3.05, 3.63) is 59.1 Å². The van der Waals surface area contributed by atoms with Crippen LogP contribution in [0.25, 0.3) is 0 Å². The van der Waals surface area contributed by atoms with E-state index in [2.05, 4.69) is 25.2 Å². The molecular formula is C20H24ClNO3. The molecular weight excluding hydrogens is 338 g/mol. The summed E-state index contributed by atoms with van der Waals surface area (Å²) in [6, 6.07) is 15.0. The van der Waals surface area contributed by atoms with Crippen LogP contribution in [0.1, 0.15) is 32.3 Å². The first-order valence-electron chi connectivity index (χ1n) is 8.39. The first kappa shape index (κ1) is 19.1. The van der Waals surface area contributed by atoms with Crippen molar-refractivity contribution in [1.82, 2.24) is 5.32 Å². The minimum atomic E-state index is -0.636. The Labute approximate surface area is 154 Å². The van der Waals surface area contributed by atoms with Gasteiger partial charge in [-0.05, 0) is 36.6 Å². The van der Waals surface area contributed by atoms with Crippen LogP contribution < -0.4 is 14.8 Å². The summed E-state index contributed by atoms with van der Waals surface area (Å²) in [4.78, 5) is 12.1. The van der Waals surface area contributed by atoms with Crippen LogP contribution >= 0.6 is 11.6 Å².